The van der Waals surface area contributed by atoms with Gasteiger partial charge in [-0.15, -0.1) is 0 Å². The van der Waals surface area contributed by atoms with E-state index in [0.29, 0.717) is 0 Å². The third-order valence-corrected chi connectivity index (χ3v) is 9.72. The van der Waals surface area contributed by atoms with Crippen molar-refractivity contribution in [1.82, 2.24) is 28.5 Å². The van der Waals surface area contributed by atoms with Crippen LogP contribution in [0.3, 0.4) is 0 Å². The number of pyridine rings is 3. The van der Waals surface area contributed by atoms with Gasteiger partial charge in [-0.3, -0.25) is 14.4 Å². The van der Waals surface area contributed by atoms with E-state index in [0.717, 1.165) is 60.9 Å². The third-order valence-electron chi connectivity index (χ3n) is 9.72. The molecule has 47 heavy (non-hydrogen) atoms. The SMILES string of the molecule is c1ccc(-n2c3ccccc3c3ccc4c5c6c(ccc5n(-c5ccccc5)c4c32)c2nc3ccncc3n2c2cccnc62)cc1. The van der Waals surface area contributed by atoms with E-state index in [1.807, 2.05) is 24.5 Å². The predicted molar refractivity (Wildman–Crippen MR) is 192 cm³/mol. The lowest BCUT2D eigenvalue weighted by Gasteiger charge is -2.12. The minimum Gasteiger partial charge on any atom is -0.307 e. The smallest absolute Gasteiger partial charge is 0.146 e. The number of benzene rings is 5. The molecule has 11 rings (SSSR count). The summed E-state index contributed by atoms with van der Waals surface area (Å²) >= 11 is 0. The first kappa shape index (κ1) is 24.8. The summed E-state index contributed by atoms with van der Waals surface area (Å²) in [7, 11) is 0. The molecule has 218 valence electrons. The molecule has 0 amide bonds. The highest BCUT2D eigenvalue weighted by molar-refractivity contribution is 6.33. The molecular weight excluding hydrogens is 576 g/mol. The molecule has 0 saturated heterocycles. The molecule has 0 aliphatic carbocycles. The summed E-state index contributed by atoms with van der Waals surface area (Å²) < 4.78 is 7.08. The topological polar surface area (TPSA) is 52.9 Å². The third kappa shape index (κ3) is 3.16. The fourth-order valence-electron chi connectivity index (χ4n) is 7.88. The highest BCUT2D eigenvalue weighted by Crippen LogP contribution is 2.45. The minimum absolute atomic E-state index is 0.908. The van der Waals surface area contributed by atoms with Gasteiger partial charge in [-0.05, 0) is 60.7 Å². The fourth-order valence-corrected chi connectivity index (χ4v) is 7.88. The van der Waals surface area contributed by atoms with Crippen molar-refractivity contribution >= 4 is 82.1 Å². The van der Waals surface area contributed by atoms with E-state index >= 15 is 0 Å². The molecule has 0 atom stereocenters. The van der Waals surface area contributed by atoms with Crippen LogP contribution < -0.4 is 0 Å². The minimum atomic E-state index is 0.908. The molecule has 0 N–H and O–H groups in total. The second-order valence-electron chi connectivity index (χ2n) is 12.1. The molecule has 5 aromatic carbocycles. The molecule has 0 radical (unpaired) electrons. The molecule has 0 bridgehead atoms. The maximum absolute atomic E-state index is 5.16. The summed E-state index contributed by atoms with van der Waals surface area (Å²) in [6.45, 7) is 0. The number of hydrogen-bond acceptors (Lipinski definition) is 3. The van der Waals surface area contributed by atoms with Crippen molar-refractivity contribution in [1.29, 1.82) is 0 Å². The fraction of sp³-hybridized carbons (Fsp3) is 0. The Morgan fingerprint density at radius 3 is 1.96 bits per heavy atom. The van der Waals surface area contributed by atoms with E-state index in [4.69, 9.17) is 9.97 Å². The molecule has 6 aromatic heterocycles. The van der Waals surface area contributed by atoms with Crippen LogP contribution in [0.2, 0.25) is 0 Å². The van der Waals surface area contributed by atoms with Gasteiger partial charge in [-0.25, -0.2) is 4.98 Å². The first-order valence-electron chi connectivity index (χ1n) is 15.8. The zero-order valence-corrected chi connectivity index (χ0v) is 25.0. The average Bonchev–Trinajstić information content (AvgIpc) is 3.80. The van der Waals surface area contributed by atoms with Gasteiger partial charge in [0.1, 0.15) is 5.65 Å². The van der Waals surface area contributed by atoms with Crippen molar-refractivity contribution < 1.29 is 0 Å². The lowest BCUT2D eigenvalue weighted by Crippen LogP contribution is -1.98. The van der Waals surface area contributed by atoms with Gasteiger partial charge < -0.3 is 9.13 Å². The Hall–Kier alpha value is -6.53. The largest absolute Gasteiger partial charge is 0.307 e. The standard InChI is InChI=1S/C41H24N6/c1-3-10-25(11-4-1)45-32-15-8-7-14-27(32)28-17-18-29-36-33(46(40(29)39(28)45)26-12-5-2-6-13-26)20-19-30-37(36)38-34(16-9-22-43-38)47-35-24-42-23-21-31(35)44-41(30)47/h1-24H. The predicted octanol–water partition coefficient (Wildman–Crippen LogP) is 9.78. The van der Waals surface area contributed by atoms with Gasteiger partial charge >= 0.3 is 0 Å². The van der Waals surface area contributed by atoms with E-state index in [9.17, 15) is 0 Å². The van der Waals surface area contributed by atoms with Crippen molar-refractivity contribution in [2.45, 2.75) is 0 Å². The Morgan fingerprint density at radius 2 is 1.13 bits per heavy atom. The number of imidazole rings is 1. The Bertz CT molecular complexity index is 3060. The molecular formula is C41H24N6. The second kappa shape index (κ2) is 9.02. The Morgan fingerprint density at radius 1 is 0.447 bits per heavy atom. The molecule has 6 heteroatoms. The molecule has 0 fully saturated rings. The second-order valence-corrected chi connectivity index (χ2v) is 12.1. The molecule has 6 nitrogen and oxygen atoms in total. The molecule has 0 aliphatic rings. The van der Waals surface area contributed by atoms with Crippen LogP contribution in [0.4, 0.5) is 0 Å². The number of rotatable bonds is 2. The number of fused-ring (bicyclic) bond motifs is 16. The summed E-state index contributed by atoms with van der Waals surface area (Å²) in [6.07, 6.45) is 5.60. The summed E-state index contributed by atoms with van der Waals surface area (Å²) in [4.78, 5) is 14.7. The van der Waals surface area contributed by atoms with Crippen LogP contribution in [-0.4, -0.2) is 28.5 Å². The maximum atomic E-state index is 5.16. The molecule has 0 saturated carbocycles. The Labute approximate surface area is 267 Å². The molecule has 0 unspecified atom stereocenters. The van der Waals surface area contributed by atoms with Crippen LogP contribution in [0.15, 0.2) is 146 Å². The van der Waals surface area contributed by atoms with Crippen molar-refractivity contribution in [3.05, 3.63) is 146 Å². The lowest BCUT2D eigenvalue weighted by atomic mass is 10.0. The van der Waals surface area contributed by atoms with E-state index in [1.165, 1.54) is 32.6 Å². The van der Waals surface area contributed by atoms with E-state index in [2.05, 4.69) is 134 Å². The lowest BCUT2D eigenvalue weighted by molar-refractivity contribution is 1.15. The summed E-state index contributed by atoms with van der Waals surface area (Å²) in [6, 6.07) is 45.4. The van der Waals surface area contributed by atoms with Crippen LogP contribution in [0.5, 0.6) is 0 Å². The van der Waals surface area contributed by atoms with Crippen molar-refractivity contribution in [3.8, 4) is 11.4 Å². The van der Waals surface area contributed by atoms with Gasteiger partial charge in [0.05, 0.1) is 50.3 Å². The van der Waals surface area contributed by atoms with Gasteiger partial charge in [0, 0.05) is 56.1 Å². The van der Waals surface area contributed by atoms with Crippen molar-refractivity contribution in [2.75, 3.05) is 0 Å². The van der Waals surface area contributed by atoms with Gasteiger partial charge in [-0.2, -0.15) is 0 Å². The zero-order chi connectivity index (χ0) is 30.6. The van der Waals surface area contributed by atoms with Crippen LogP contribution in [0.25, 0.3) is 93.5 Å². The Balaban J connectivity index is 1.45. The number of para-hydroxylation sites is 3. The highest BCUT2D eigenvalue weighted by atomic mass is 15.1. The van der Waals surface area contributed by atoms with E-state index in [-0.39, 0.29) is 0 Å². The van der Waals surface area contributed by atoms with Crippen molar-refractivity contribution in [3.63, 3.8) is 0 Å². The molecule has 0 spiro atoms. The first-order chi connectivity index (χ1) is 23.4. The first-order valence-corrected chi connectivity index (χ1v) is 15.8. The number of hydrogen-bond donors (Lipinski definition) is 0. The van der Waals surface area contributed by atoms with Crippen LogP contribution in [-0.2, 0) is 0 Å². The zero-order valence-electron chi connectivity index (χ0n) is 25.0. The van der Waals surface area contributed by atoms with Crippen molar-refractivity contribution in [2.24, 2.45) is 0 Å². The van der Waals surface area contributed by atoms with Crippen LogP contribution >= 0.6 is 0 Å². The summed E-state index contributed by atoms with van der Waals surface area (Å²) in [5.41, 5.74) is 11.7. The van der Waals surface area contributed by atoms with Gasteiger partial charge in [0.15, 0.2) is 0 Å². The summed E-state index contributed by atoms with van der Waals surface area (Å²) in [5.74, 6) is 0. The molecule has 11 aromatic rings. The monoisotopic (exact) mass is 600 g/mol. The van der Waals surface area contributed by atoms with Gasteiger partial charge in [0.2, 0.25) is 0 Å². The summed E-state index contributed by atoms with van der Waals surface area (Å²) in [5, 5.41) is 6.97. The quantitative estimate of drug-likeness (QED) is 0.186. The van der Waals surface area contributed by atoms with Crippen LogP contribution in [0.1, 0.15) is 0 Å². The van der Waals surface area contributed by atoms with E-state index in [1.54, 1.807) is 6.20 Å². The van der Waals surface area contributed by atoms with Crippen LogP contribution in [0, 0.1) is 0 Å². The van der Waals surface area contributed by atoms with E-state index < -0.39 is 0 Å². The number of nitrogens with zero attached hydrogens (tertiary/aromatic N) is 6. The average molecular weight is 601 g/mol. The molecule has 0 aliphatic heterocycles. The van der Waals surface area contributed by atoms with Gasteiger partial charge in [0.25, 0.3) is 0 Å². The number of aromatic nitrogens is 6. The Kier molecular flexibility index (Phi) is 4.75. The van der Waals surface area contributed by atoms with Gasteiger partial charge in [-0.1, -0.05) is 66.7 Å². The normalized spacial score (nSPS) is 12.3. The maximum Gasteiger partial charge on any atom is 0.146 e. The molecule has 6 heterocycles. The highest BCUT2D eigenvalue weighted by Gasteiger charge is 2.24.